The average Bonchev–Trinajstić information content (AvgIpc) is 2.82. The molecule has 0 aliphatic carbocycles. The molecule has 20 heavy (non-hydrogen) atoms. The largest absolute Gasteiger partial charge is 0.342 e. The molecule has 1 heterocycles. The molecule has 0 atom stereocenters. The first-order valence-corrected chi connectivity index (χ1v) is 6.98. The Kier molecular flexibility index (Phi) is 3.51. The SMILES string of the molecule is Cc1[nH]c(-c2ccccc2)nc1-c1ccc(Cl)cc1Cl. The van der Waals surface area contributed by atoms with Crippen molar-refractivity contribution in [3.63, 3.8) is 0 Å². The molecule has 2 aromatic carbocycles. The number of hydrogen-bond acceptors (Lipinski definition) is 1. The number of halogens is 2. The zero-order chi connectivity index (χ0) is 14.1. The number of hydrogen-bond donors (Lipinski definition) is 1. The van der Waals surface area contributed by atoms with Crippen molar-refractivity contribution in [2.75, 3.05) is 0 Å². The molecule has 0 amide bonds. The normalized spacial score (nSPS) is 10.8. The standard InChI is InChI=1S/C16H12Cl2N2/c1-10-15(13-8-7-12(17)9-14(13)18)20-16(19-10)11-5-3-2-4-6-11/h2-9H,1H3,(H,19,20). The molecular weight excluding hydrogens is 291 g/mol. The highest BCUT2D eigenvalue weighted by Gasteiger charge is 2.13. The van der Waals surface area contributed by atoms with E-state index in [-0.39, 0.29) is 0 Å². The van der Waals surface area contributed by atoms with Gasteiger partial charge >= 0.3 is 0 Å². The summed E-state index contributed by atoms with van der Waals surface area (Å²) in [4.78, 5) is 7.96. The number of nitrogens with zero attached hydrogens (tertiary/aromatic N) is 1. The summed E-state index contributed by atoms with van der Waals surface area (Å²) in [5, 5.41) is 1.22. The molecule has 0 unspecified atom stereocenters. The summed E-state index contributed by atoms with van der Waals surface area (Å²) >= 11 is 12.2. The van der Waals surface area contributed by atoms with Crippen LogP contribution >= 0.6 is 23.2 Å². The van der Waals surface area contributed by atoms with Gasteiger partial charge in [-0.15, -0.1) is 0 Å². The lowest BCUT2D eigenvalue weighted by Gasteiger charge is -2.02. The van der Waals surface area contributed by atoms with E-state index in [4.69, 9.17) is 23.2 Å². The van der Waals surface area contributed by atoms with Gasteiger partial charge in [0.05, 0.1) is 10.7 Å². The van der Waals surface area contributed by atoms with Crippen LogP contribution in [0.1, 0.15) is 5.69 Å². The van der Waals surface area contributed by atoms with Crippen LogP contribution in [0.3, 0.4) is 0 Å². The molecule has 0 spiro atoms. The number of imidazole rings is 1. The van der Waals surface area contributed by atoms with E-state index >= 15 is 0 Å². The second kappa shape index (κ2) is 5.31. The third-order valence-corrected chi connectivity index (χ3v) is 3.67. The highest BCUT2D eigenvalue weighted by molar-refractivity contribution is 6.36. The molecule has 0 saturated carbocycles. The third kappa shape index (κ3) is 2.45. The second-order valence-corrected chi connectivity index (χ2v) is 5.39. The summed E-state index contributed by atoms with van der Waals surface area (Å²) in [5.74, 6) is 0.837. The van der Waals surface area contributed by atoms with Gasteiger partial charge in [0.25, 0.3) is 0 Å². The monoisotopic (exact) mass is 302 g/mol. The zero-order valence-electron chi connectivity index (χ0n) is 10.8. The predicted molar refractivity (Wildman–Crippen MR) is 84.2 cm³/mol. The summed E-state index contributed by atoms with van der Waals surface area (Å²) in [6.07, 6.45) is 0. The van der Waals surface area contributed by atoms with Gasteiger partial charge < -0.3 is 4.98 Å². The fraction of sp³-hybridized carbons (Fsp3) is 0.0625. The highest BCUT2D eigenvalue weighted by atomic mass is 35.5. The van der Waals surface area contributed by atoms with E-state index in [1.54, 1.807) is 6.07 Å². The van der Waals surface area contributed by atoms with Crippen molar-refractivity contribution >= 4 is 23.2 Å². The van der Waals surface area contributed by atoms with Gasteiger partial charge in [-0.05, 0) is 25.1 Å². The van der Waals surface area contributed by atoms with Gasteiger partial charge in [-0.25, -0.2) is 4.98 Å². The highest BCUT2D eigenvalue weighted by Crippen LogP contribution is 2.32. The topological polar surface area (TPSA) is 28.7 Å². The van der Waals surface area contributed by atoms with Gasteiger partial charge in [0.1, 0.15) is 5.82 Å². The molecular formula is C16H12Cl2N2. The molecule has 0 saturated heterocycles. The van der Waals surface area contributed by atoms with Crippen molar-refractivity contribution in [1.82, 2.24) is 9.97 Å². The zero-order valence-corrected chi connectivity index (χ0v) is 12.3. The van der Waals surface area contributed by atoms with E-state index in [9.17, 15) is 0 Å². The second-order valence-electron chi connectivity index (χ2n) is 4.55. The van der Waals surface area contributed by atoms with Crippen LogP contribution in [0.5, 0.6) is 0 Å². The van der Waals surface area contributed by atoms with Crippen molar-refractivity contribution < 1.29 is 0 Å². The van der Waals surface area contributed by atoms with E-state index in [0.29, 0.717) is 10.0 Å². The number of aryl methyl sites for hydroxylation is 1. The molecule has 3 rings (SSSR count). The van der Waals surface area contributed by atoms with E-state index < -0.39 is 0 Å². The van der Waals surface area contributed by atoms with E-state index in [1.807, 2.05) is 49.4 Å². The summed E-state index contributed by atoms with van der Waals surface area (Å²) in [6.45, 7) is 1.99. The molecule has 1 N–H and O–H groups in total. The minimum absolute atomic E-state index is 0.603. The lowest BCUT2D eigenvalue weighted by Crippen LogP contribution is -1.83. The number of rotatable bonds is 2. The van der Waals surface area contributed by atoms with E-state index in [2.05, 4.69) is 9.97 Å². The maximum absolute atomic E-state index is 6.25. The summed E-state index contributed by atoms with van der Waals surface area (Å²) in [5.41, 5.74) is 3.76. The van der Waals surface area contributed by atoms with Crippen molar-refractivity contribution in [2.24, 2.45) is 0 Å². The Morgan fingerprint density at radius 3 is 2.45 bits per heavy atom. The number of aromatic nitrogens is 2. The van der Waals surface area contributed by atoms with Crippen LogP contribution in [0.25, 0.3) is 22.6 Å². The first-order valence-electron chi connectivity index (χ1n) is 6.22. The molecule has 1 aromatic heterocycles. The smallest absolute Gasteiger partial charge is 0.138 e. The summed E-state index contributed by atoms with van der Waals surface area (Å²) in [6, 6.07) is 15.4. The maximum Gasteiger partial charge on any atom is 0.138 e. The Hall–Kier alpha value is -1.77. The van der Waals surface area contributed by atoms with Crippen LogP contribution in [-0.4, -0.2) is 9.97 Å². The van der Waals surface area contributed by atoms with Gasteiger partial charge in [-0.3, -0.25) is 0 Å². The molecule has 0 aliphatic rings. The van der Waals surface area contributed by atoms with Crippen molar-refractivity contribution in [3.8, 4) is 22.6 Å². The summed E-state index contributed by atoms with van der Waals surface area (Å²) in [7, 11) is 0. The van der Waals surface area contributed by atoms with Crippen molar-refractivity contribution in [1.29, 1.82) is 0 Å². The van der Waals surface area contributed by atoms with Crippen LogP contribution in [-0.2, 0) is 0 Å². The molecule has 3 aromatic rings. The van der Waals surface area contributed by atoms with Crippen LogP contribution < -0.4 is 0 Å². The van der Waals surface area contributed by atoms with Gasteiger partial charge in [0.15, 0.2) is 0 Å². The van der Waals surface area contributed by atoms with E-state index in [0.717, 1.165) is 28.3 Å². The van der Waals surface area contributed by atoms with Gasteiger partial charge in [-0.1, -0.05) is 53.5 Å². The Balaban J connectivity index is 2.10. The Morgan fingerprint density at radius 1 is 1.00 bits per heavy atom. The Bertz CT molecular complexity index is 748. The number of benzene rings is 2. The predicted octanol–water partition coefficient (Wildman–Crippen LogP) is 5.36. The first-order chi connectivity index (χ1) is 9.65. The number of nitrogens with one attached hydrogen (secondary N) is 1. The summed E-state index contributed by atoms with van der Waals surface area (Å²) < 4.78 is 0. The minimum atomic E-state index is 0.603. The van der Waals surface area contributed by atoms with Gasteiger partial charge in [-0.2, -0.15) is 0 Å². The first kappa shape index (κ1) is 13.2. The number of aromatic amines is 1. The van der Waals surface area contributed by atoms with E-state index in [1.165, 1.54) is 0 Å². The van der Waals surface area contributed by atoms with Gasteiger partial charge in [0, 0.05) is 21.8 Å². The lowest BCUT2D eigenvalue weighted by molar-refractivity contribution is 1.26. The third-order valence-electron chi connectivity index (χ3n) is 3.12. The lowest BCUT2D eigenvalue weighted by atomic mass is 10.1. The quantitative estimate of drug-likeness (QED) is 0.678. The van der Waals surface area contributed by atoms with Crippen LogP contribution in [0.15, 0.2) is 48.5 Å². The molecule has 0 fully saturated rings. The Labute approximate surface area is 127 Å². The fourth-order valence-corrected chi connectivity index (χ4v) is 2.63. The van der Waals surface area contributed by atoms with Gasteiger partial charge in [0.2, 0.25) is 0 Å². The van der Waals surface area contributed by atoms with Crippen LogP contribution in [0, 0.1) is 6.92 Å². The molecule has 100 valence electrons. The van der Waals surface area contributed by atoms with Crippen molar-refractivity contribution in [2.45, 2.75) is 6.92 Å². The maximum atomic E-state index is 6.25. The number of H-pyrrole nitrogens is 1. The van der Waals surface area contributed by atoms with Crippen LogP contribution in [0.2, 0.25) is 10.0 Å². The molecule has 0 aliphatic heterocycles. The molecule has 0 radical (unpaired) electrons. The average molecular weight is 303 g/mol. The molecule has 0 bridgehead atoms. The minimum Gasteiger partial charge on any atom is -0.342 e. The molecule has 4 heteroatoms. The fourth-order valence-electron chi connectivity index (χ4n) is 2.14. The Morgan fingerprint density at radius 2 is 1.75 bits per heavy atom. The molecule has 2 nitrogen and oxygen atoms in total. The van der Waals surface area contributed by atoms with Crippen LogP contribution in [0.4, 0.5) is 0 Å². The van der Waals surface area contributed by atoms with Crippen molar-refractivity contribution in [3.05, 3.63) is 64.3 Å².